The summed E-state index contributed by atoms with van der Waals surface area (Å²) in [6.45, 7) is 0. The number of ether oxygens (including phenoxy) is 1. The van der Waals surface area contributed by atoms with Crippen molar-refractivity contribution >= 4 is 49.4 Å². The molecule has 0 spiro atoms. The smallest absolute Gasteiger partial charge is 0.223 e. The van der Waals surface area contributed by atoms with Gasteiger partial charge in [-0.05, 0) is 46.9 Å². The molecule has 0 bridgehead atoms. The highest BCUT2D eigenvalue weighted by atomic mass is 127. The van der Waals surface area contributed by atoms with Gasteiger partial charge in [-0.3, -0.25) is 0 Å². The number of fused-ring (bicyclic) bond motifs is 1. The van der Waals surface area contributed by atoms with Crippen LogP contribution in [-0.2, 0) is 5.33 Å². The van der Waals surface area contributed by atoms with Crippen LogP contribution in [0.5, 0.6) is 11.6 Å². The summed E-state index contributed by atoms with van der Waals surface area (Å²) in [4.78, 5) is 4.63. The highest BCUT2D eigenvalue weighted by Gasteiger charge is 2.10. The summed E-state index contributed by atoms with van der Waals surface area (Å²) in [6, 6.07) is 18.1. The van der Waals surface area contributed by atoms with Gasteiger partial charge in [-0.2, -0.15) is 0 Å². The van der Waals surface area contributed by atoms with Crippen LogP contribution in [0.4, 0.5) is 0 Å². The SMILES string of the molecule is BrCc1cc2ccccc2nc1Oc1ccccc1I. The summed E-state index contributed by atoms with van der Waals surface area (Å²) >= 11 is 5.77. The van der Waals surface area contributed by atoms with E-state index in [9.17, 15) is 0 Å². The lowest BCUT2D eigenvalue weighted by molar-refractivity contribution is 0.457. The molecule has 3 rings (SSSR count). The van der Waals surface area contributed by atoms with Gasteiger partial charge in [0.1, 0.15) is 5.75 Å². The molecule has 0 unspecified atom stereocenters. The monoisotopic (exact) mass is 439 g/mol. The molecule has 0 radical (unpaired) electrons. The van der Waals surface area contributed by atoms with E-state index >= 15 is 0 Å². The molecule has 20 heavy (non-hydrogen) atoms. The fourth-order valence-electron chi connectivity index (χ4n) is 1.96. The highest BCUT2D eigenvalue weighted by Crippen LogP contribution is 2.30. The number of benzene rings is 2. The minimum atomic E-state index is 0.657. The van der Waals surface area contributed by atoms with Gasteiger partial charge in [-0.25, -0.2) is 4.98 Å². The van der Waals surface area contributed by atoms with E-state index in [1.54, 1.807) is 0 Å². The van der Waals surface area contributed by atoms with Crippen LogP contribution in [0.15, 0.2) is 54.6 Å². The Hall–Kier alpha value is -1.14. The molecular formula is C16H11BrINO. The van der Waals surface area contributed by atoms with Gasteiger partial charge in [0, 0.05) is 16.3 Å². The number of nitrogens with zero attached hydrogens (tertiary/aromatic N) is 1. The highest BCUT2D eigenvalue weighted by molar-refractivity contribution is 14.1. The Balaban J connectivity index is 2.08. The van der Waals surface area contributed by atoms with Crippen LogP contribution < -0.4 is 4.74 Å². The van der Waals surface area contributed by atoms with E-state index in [2.05, 4.69) is 55.6 Å². The van der Waals surface area contributed by atoms with Crippen LogP contribution in [0.3, 0.4) is 0 Å². The van der Waals surface area contributed by atoms with Crippen LogP contribution in [0.25, 0.3) is 10.9 Å². The maximum absolute atomic E-state index is 5.99. The van der Waals surface area contributed by atoms with Crippen molar-refractivity contribution in [2.45, 2.75) is 5.33 Å². The third-order valence-corrected chi connectivity index (χ3v) is 4.45. The van der Waals surface area contributed by atoms with Gasteiger partial charge in [-0.1, -0.05) is 46.3 Å². The second-order valence-corrected chi connectivity index (χ2v) is 6.03. The molecule has 0 saturated carbocycles. The van der Waals surface area contributed by atoms with E-state index in [0.29, 0.717) is 11.2 Å². The molecule has 0 aliphatic rings. The minimum Gasteiger partial charge on any atom is -0.438 e. The second kappa shape index (κ2) is 6.10. The number of para-hydroxylation sites is 2. The lowest BCUT2D eigenvalue weighted by Gasteiger charge is -2.11. The van der Waals surface area contributed by atoms with E-state index in [-0.39, 0.29) is 0 Å². The van der Waals surface area contributed by atoms with E-state index in [1.807, 2.05) is 42.5 Å². The normalized spacial score (nSPS) is 10.7. The maximum Gasteiger partial charge on any atom is 0.223 e. The zero-order valence-electron chi connectivity index (χ0n) is 10.5. The van der Waals surface area contributed by atoms with Crippen molar-refractivity contribution in [3.05, 3.63) is 63.7 Å². The molecule has 0 amide bonds. The van der Waals surface area contributed by atoms with Crippen molar-refractivity contribution in [2.75, 3.05) is 0 Å². The van der Waals surface area contributed by atoms with Gasteiger partial charge in [0.2, 0.25) is 5.88 Å². The van der Waals surface area contributed by atoms with Crippen molar-refractivity contribution in [2.24, 2.45) is 0 Å². The first kappa shape index (κ1) is 13.8. The Labute approximate surface area is 139 Å². The van der Waals surface area contributed by atoms with Crippen LogP contribution in [0.1, 0.15) is 5.56 Å². The van der Waals surface area contributed by atoms with E-state index in [0.717, 1.165) is 25.8 Å². The average Bonchev–Trinajstić information content (AvgIpc) is 2.49. The van der Waals surface area contributed by atoms with Crippen LogP contribution in [-0.4, -0.2) is 4.98 Å². The van der Waals surface area contributed by atoms with Crippen LogP contribution >= 0.6 is 38.5 Å². The Morgan fingerprint density at radius 1 is 1.05 bits per heavy atom. The molecular weight excluding hydrogens is 429 g/mol. The first-order valence-electron chi connectivity index (χ1n) is 6.15. The summed E-state index contributed by atoms with van der Waals surface area (Å²) in [7, 11) is 0. The zero-order valence-corrected chi connectivity index (χ0v) is 14.3. The first-order chi connectivity index (χ1) is 9.78. The standard InChI is InChI=1S/C16H11BrINO/c17-10-12-9-11-5-1-3-7-14(11)19-16(12)20-15-8-4-2-6-13(15)18/h1-9H,10H2. The van der Waals surface area contributed by atoms with Gasteiger partial charge in [-0.15, -0.1) is 0 Å². The fourth-order valence-corrected chi connectivity index (χ4v) is 2.86. The molecule has 0 saturated heterocycles. The number of rotatable bonds is 3. The van der Waals surface area contributed by atoms with Crippen molar-refractivity contribution in [1.82, 2.24) is 4.98 Å². The number of alkyl halides is 1. The van der Waals surface area contributed by atoms with Crippen molar-refractivity contribution in [3.63, 3.8) is 0 Å². The molecule has 0 fully saturated rings. The lowest BCUT2D eigenvalue weighted by atomic mass is 10.2. The quantitative estimate of drug-likeness (QED) is 0.395. The Morgan fingerprint density at radius 3 is 2.60 bits per heavy atom. The average molecular weight is 440 g/mol. The molecule has 1 aromatic heterocycles. The number of hydrogen-bond donors (Lipinski definition) is 0. The van der Waals surface area contributed by atoms with Gasteiger partial charge in [0.15, 0.2) is 0 Å². The summed E-state index contributed by atoms with van der Waals surface area (Å²) in [6.07, 6.45) is 0. The van der Waals surface area contributed by atoms with Crippen LogP contribution in [0, 0.1) is 3.57 Å². The molecule has 100 valence electrons. The second-order valence-electron chi connectivity index (χ2n) is 4.31. The minimum absolute atomic E-state index is 0.657. The summed E-state index contributed by atoms with van der Waals surface area (Å²) in [5.41, 5.74) is 1.99. The molecule has 3 aromatic rings. The van der Waals surface area contributed by atoms with Gasteiger partial charge in [0.25, 0.3) is 0 Å². The predicted molar refractivity (Wildman–Crippen MR) is 93.6 cm³/mol. The summed E-state index contributed by atoms with van der Waals surface area (Å²) in [5, 5.41) is 1.83. The maximum atomic E-state index is 5.99. The number of halogens is 2. The molecule has 4 heteroatoms. The molecule has 2 aromatic carbocycles. The molecule has 0 N–H and O–H groups in total. The number of aromatic nitrogens is 1. The fraction of sp³-hybridized carbons (Fsp3) is 0.0625. The third-order valence-electron chi connectivity index (χ3n) is 2.95. The summed E-state index contributed by atoms with van der Waals surface area (Å²) in [5.74, 6) is 1.49. The topological polar surface area (TPSA) is 22.1 Å². The van der Waals surface area contributed by atoms with Gasteiger partial charge >= 0.3 is 0 Å². The third kappa shape index (κ3) is 2.81. The molecule has 0 aliphatic carbocycles. The van der Waals surface area contributed by atoms with Gasteiger partial charge in [0.05, 0.1) is 9.09 Å². The zero-order chi connectivity index (χ0) is 13.9. The first-order valence-corrected chi connectivity index (χ1v) is 8.35. The van der Waals surface area contributed by atoms with Gasteiger partial charge < -0.3 is 4.74 Å². The van der Waals surface area contributed by atoms with Crippen molar-refractivity contribution in [3.8, 4) is 11.6 Å². The van der Waals surface area contributed by atoms with Crippen LogP contribution in [0.2, 0.25) is 0 Å². The Bertz CT molecular complexity index is 760. The molecule has 1 heterocycles. The van der Waals surface area contributed by atoms with E-state index < -0.39 is 0 Å². The van der Waals surface area contributed by atoms with Crippen molar-refractivity contribution in [1.29, 1.82) is 0 Å². The molecule has 0 atom stereocenters. The Morgan fingerprint density at radius 2 is 1.80 bits per heavy atom. The lowest BCUT2D eigenvalue weighted by Crippen LogP contribution is -1.95. The van der Waals surface area contributed by atoms with Crippen molar-refractivity contribution < 1.29 is 4.74 Å². The molecule has 0 aliphatic heterocycles. The number of pyridine rings is 1. The summed E-state index contributed by atoms with van der Waals surface area (Å²) < 4.78 is 7.06. The largest absolute Gasteiger partial charge is 0.438 e. The number of hydrogen-bond acceptors (Lipinski definition) is 2. The predicted octanol–water partition coefficient (Wildman–Crippen LogP) is 5.53. The van der Waals surface area contributed by atoms with E-state index in [1.165, 1.54) is 0 Å². The molecule has 2 nitrogen and oxygen atoms in total. The Kier molecular flexibility index (Phi) is 4.21. The van der Waals surface area contributed by atoms with E-state index in [4.69, 9.17) is 4.74 Å².